The molecule has 148 valence electrons. The van der Waals surface area contributed by atoms with Gasteiger partial charge in [0.05, 0.1) is 18.7 Å². The number of likely N-dealkylation sites (tertiary alicyclic amines) is 1. The van der Waals surface area contributed by atoms with Crippen molar-refractivity contribution in [3.8, 4) is 0 Å². The zero-order valence-corrected chi connectivity index (χ0v) is 16.0. The zero-order chi connectivity index (χ0) is 19.2. The van der Waals surface area contributed by atoms with Crippen molar-refractivity contribution in [2.24, 2.45) is 0 Å². The number of nitrogens with one attached hydrogen (secondary N) is 1. The van der Waals surface area contributed by atoms with Gasteiger partial charge in [-0.2, -0.15) is 0 Å². The maximum Gasteiger partial charge on any atom is 0.253 e. The molecule has 0 bridgehead atoms. The highest BCUT2D eigenvalue weighted by Gasteiger charge is 2.31. The van der Waals surface area contributed by atoms with Crippen molar-refractivity contribution >= 4 is 11.8 Å². The Bertz CT molecular complexity index is 639. The Morgan fingerprint density at radius 3 is 2.63 bits per heavy atom. The van der Waals surface area contributed by atoms with Crippen LogP contribution in [0.25, 0.3) is 0 Å². The average Bonchev–Trinajstić information content (AvgIpc) is 2.87. The Hall–Kier alpha value is -1.96. The van der Waals surface area contributed by atoms with Crippen LogP contribution < -0.4 is 5.32 Å². The highest BCUT2D eigenvalue weighted by molar-refractivity contribution is 5.94. The summed E-state index contributed by atoms with van der Waals surface area (Å²) in [6.45, 7) is 4.97. The van der Waals surface area contributed by atoms with E-state index in [-0.39, 0.29) is 24.4 Å². The molecule has 2 fully saturated rings. The first-order valence-corrected chi connectivity index (χ1v) is 9.75. The van der Waals surface area contributed by atoms with Crippen LogP contribution in [-0.4, -0.2) is 96.6 Å². The molecule has 7 nitrogen and oxygen atoms in total. The summed E-state index contributed by atoms with van der Waals surface area (Å²) < 4.78 is 0. The maximum absolute atomic E-state index is 12.5. The molecule has 0 saturated carbocycles. The summed E-state index contributed by atoms with van der Waals surface area (Å²) in [5, 5.41) is 13.4. The van der Waals surface area contributed by atoms with Crippen molar-refractivity contribution in [3.05, 3.63) is 35.9 Å². The lowest BCUT2D eigenvalue weighted by Gasteiger charge is -2.36. The van der Waals surface area contributed by atoms with Gasteiger partial charge in [-0.05, 0) is 45.1 Å². The van der Waals surface area contributed by atoms with Gasteiger partial charge in [-0.25, -0.2) is 0 Å². The van der Waals surface area contributed by atoms with Gasteiger partial charge < -0.3 is 20.2 Å². The number of aliphatic hydroxyl groups excluding tert-OH is 1. The molecular weight excluding hydrogens is 344 g/mol. The van der Waals surface area contributed by atoms with E-state index >= 15 is 0 Å². The molecule has 0 aromatic heterocycles. The van der Waals surface area contributed by atoms with Gasteiger partial charge in [0.2, 0.25) is 5.91 Å². The number of β-amino-alcohol motifs (C(OH)–C–C–N with tert-alkyl or cyclic N) is 1. The molecular formula is C20H30N4O3. The van der Waals surface area contributed by atoms with Gasteiger partial charge in [0, 0.05) is 31.7 Å². The second-order valence-corrected chi connectivity index (χ2v) is 7.58. The number of benzene rings is 1. The van der Waals surface area contributed by atoms with Gasteiger partial charge in [-0.1, -0.05) is 18.2 Å². The fraction of sp³-hybridized carbons (Fsp3) is 0.600. The van der Waals surface area contributed by atoms with Crippen molar-refractivity contribution in [2.75, 3.05) is 52.9 Å². The highest BCUT2D eigenvalue weighted by atomic mass is 16.3. The SMILES string of the molecule is CN1CCCN(CC(=O)N[C@@H]2CCN(C(=O)c3ccccc3)C[C@H]2O)CC1. The van der Waals surface area contributed by atoms with Crippen molar-refractivity contribution in [2.45, 2.75) is 25.0 Å². The number of carbonyl (C=O) groups excluding carboxylic acids is 2. The van der Waals surface area contributed by atoms with E-state index in [9.17, 15) is 14.7 Å². The number of likely N-dealkylation sites (N-methyl/N-ethyl adjacent to an activating group) is 1. The molecule has 1 aromatic rings. The van der Waals surface area contributed by atoms with Crippen LogP contribution in [0.4, 0.5) is 0 Å². The Balaban J connectivity index is 1.47. The first kappa shape index (κ1) is 19.8. The monoisotopic (exact) mass is 374 g/mol. The number of rotatable bonds is 4. The van der Waals surface area contributed by atoms with E-state index in [4.69, 9.17) is 0 Å². The van der Waals surface area contributed by atoms with Crippen LogP contribution in [0.15, 0.2) is 30.3 Å². The van der Waals surface area contributed by atoms with Crippen molar-refractivity contribution < 1.29 is 14.7 Å². The number of hydrogen-bond acceptors (Lipinski definition) is 5. The van der Waals surface area contributed by atoms with E-state index < -0.39 is 6.10 Å². The number of carbonyl (C=O) groups is 2. The fourth-order valence-corrected chi connectivity index (χ4v) is 3.76. The lowest BCUT2D eigenvalue weighted by Crippen LogP contribution is -2.56. The zero-order valence-electron chi connectivity index (χ0n) is 16.0. The third-order valence-electron chi connectivity index (χ3n) is 5.42. The van der Waals surface area contributed by atoms with E-state index in [0.29, 0.717) is 25.1 Å². The molecule has 2 atom stereocenters. The number of amides is 2. The average molecular weight is 374 g/mol. The second-order valence-electron chi connectivity index (χ2n) is 7.58. The Morgan fingerprint density at radius 2 is 1.89 bits per heavy atom. The van der Waals surface area contributed by atoms with Crippen molar-refractivity contribution in [1.82, 2.24) is 20.0 Å². The topological polar surface area (TPSA) is 76.1 Å². The lowest BCUT2D eigenvalue weighted by atomic mass is 10.0. The summed E-state index contributed by atoms with van der Waals surface area (Å²) >= 11 is 0. The van der Waals surface area contributed by atoms with Crippen LogP contribution >= 0.6 is 0 Å². The summed E-state index contributed by atoms with van der Waals surface area (Å²) in [5.74, 6) is -0.125. The van der Waals surface area contributed by atoms with Crippen molar-refractivity contribution in [3.63, 3.8) is 0 Å². The largest absolute Gasteiger partial charge is 0.389 e. The lowest BCUT2D eigenvalue weighted by molar-refractivity contribution is -0.124. The first-order valence-electron chi connectivity index (χ1n) is 9.75. The van der Waals surface area contributed by atoms with Crippen molar-refractivity contribution in [1.29, 1.82) is 0 Å². The molecule has 2 aliphatic rings. The molecule has 2 N–H and O–H groups in total. The molecule has 0 unspecified atom stereocenters. The van der Waals surface area contributed by atoms with Crippen LogP contribution in [0.2, 0.25) is 0 Å². The molecule has 7 heteroatoms. The highest BCUT2D eigenvalue weighted by Crippen LogP contribution is 2.15. The molecule has 2 amide bonds. The standard InChI is InChI=1S/C20H30N4O3/c1-22-9-5-10-23(13-12-22)15-19(26)21-17-8-11-24(14-18(17)25)20(27)16-6-3-2-4-7-16/h2-4,6-7,17-18,25H,5,8-15H2,1H3,(H,21,26)/t17-,18-/m1/s1. The number of piperidine rings is 1. The third-order valence-corrected chi connectivity index (χ3v) is 5.42. The van der Waals surface area contributed by atoms with Gasteiger partial charge in [-0.3, -0.25) is 14.5 Å². The van der Waals surface area contributed by atoms with Gasteiger partial charge in [0.15, 0.2) is 0 Å². The van der Waals surface area contributed by atoms with Crippen LogP contribution in [0, 0.1) is 0 Å². The summed E-state index contributed by atoms with van der Waals surface area (Å²) in [4.78, 5) is 31.0. The third kappa shape index (κ3) is 5.51. The van der Waals surface area contributed by atoms with Gasteiger partial charge in [0.25, 0.3) is 5.91 Å². The smallest absolute Gasteiger partial charge is 0.253 e. The predicted molar refractivity (Wildman–Crippen MR) is 103 cm³/mol. The summed E-state index contributed by atoms with van der Waals surface area (Å²) in [7, 11) is 2.10. The fourth-order valence-electron chi connectivity index (χ4n) is 3.76. The Morgan fingerprint density at radius 1 is 1.11 bits per heavy atom. The summed E-state index contributed by atoms with van der Waals surface area (Å²) in [6.07, 6.45) is 0.881. The van der Waals surface area contributed by atoms with Gasteiger partial charge in [-0.15, -0.1) is 0 Å². The molecule has 0 aliphatic carbocycles. The first-order chi connectivity index (χ1) is 13.0. The minimum atomic E-state index is -0.745. The van der Waals surface area contributed by atoms with E-state index in [0.717, 1.165) is 32.6 Å². The van der Waals surface area contributed by atoms with Gasteiger partial charge in [0.1, 0.15) is 0 Å². The van der Waals surface area contributed by atoms with Gasteiger partial charge >= 0.3 is 0 Å². The molecule has 0 radical (unpaired) electrons. The molecule has 27 heavy (non-hydrogen) atoms. The minimum Gasteiger partial charge on any atom is -0.389 e. The molecule has 2 saturated heterocycles. The second kappa shape index (κ2) is 9.30. The molecule has 1 aromatic carbocycles. The van der Waals surface area contributed by atoms with Crippen LogP contribution in [0.5, 0.6) is 0 Å². The summed E-state index contributed by atoms with van der Waals surface area (Å²) in [5.41, 5.74) is 0.623. The normalized spacial score (nSPS) is 25.0. The van der Waals surface area contributed by atoms with E-state index in [1.165, 1.54) is 0 Å². The van der Waals surface area contributed by atoms with E-state index in [1.807, 2.05) is 18.2 Å². The van der Waals surface area contributed by atoms with Crippen LogP contribution in [0.1, 0.15) is 23.2 Å². The minimum absolute atomic E-state index is 0.0496. The van der Waals surface area contributed by atoms with E-state index in [1.54, 1.807) is 17.0 Å². The predicted octanol–water partition coefficient (Wildman–Crippen LogP) is 0.0157. The quantitative estimate of drug-likeness (QED) is 0.777. The number of aliphatic hydroxyl groups is 1. The molecule has 0 spiro atoms. The van der Waals surface area contributed by atoms with Crippen LogP contribution in [0.3, 0.4) is 0 Å². The summed E-state index contributed by atoms with van der Waals surface area (Å²) in [6, 6.07) is 8.79. The molecule has 3 rings (SSSR count). The molecule has 2 aliphatic heterocycles. The Labute approximate surface area is 160 Å². The van der Waals surface area contributed by atoms with E-state index in [2.05, 4.69) is 22.2 Å². The number of hydrogen-bond donors (Lipinski definition) is 2. The number of nitrogens with zero attached hydrogens (tertiary/aromatic N) is 3. The van der Waals surface area contributed by atoms with Crippen LogP contribution in [-0.2, 0) is 4.79 Å². The Kier molecular flexibility index (Phi) is 6.82. The maximum atomic E-state index is 12.5. The molecule has 2 heterocycles.